The van der Waals surface area contributed by atoms with Crippen molar-refractivity contribution in [3.63, 3.8) is 0 Å². The first kappa shape index (κ1) is 14.1. The summed E-state index contributed by atoms with van der Waals surface area (Å²) in [5.41, 5.74) is -0.0201. The summed E-state index contributed by atoms with van der Waals surface area (Å²) in [7, 11) is 2.01. The average molecular weight is 264 g/mol. The van der Waals surface area contributed by atoms with E-state index in [2.05, 4.69) is 15.6 Å². The summed E-state index contributed by atoms with van der Waals surface area (Å²) in [5.74, 6) is 0.490. The predicted octanol–water partition coefficient (Wildman–Crippen LogP) is 1.77. The third-order valence-corrected chi connectivity index (χ3v) is 3.90. The summed E-state index contributed by atoms with van der Waals surface area (Å²) in [5, 5.41) is 6.63. The second-order valence-corrected chi connectivity index (χ2v) is 5.56. The van der Waals surface area contributed by atoms with Gasteiger partial charge in [0.25, 0.3) is 5.56 Å². The van der Waals surface area contributed by atoms with E-state index in [1.165, 1.54) is 0 Å². The first-order valence-corrected chi connectivity index (χ1v) is 7.12. The molecular formula is C14H24N4O. The molecule has 0 spiro atoms. The van der Waals surface area contributed by atoms with Crippen molar-refractivity contribution in [1.82, 2.24) is 14.9 Å². The SMILES string of the molecule is CNC1CCC(Nc2nccn(C(C)C)c2=O)CC1. The molecule has 1 aromatic heterocycles. The monoisotopic (exact) mass is 264 g/mol. The van der Waals surface area contributed by atoms with Crippen LogP contribution in [0.2, 0.25) is 0 Å². The number of nitrogens with zero attached hydrogens (tertiary/aromatic N) is 2. The van der Waals surface area contributed by atoms with Crippen LogP contribution in [0, 0.1) is 0 Å². The molecule has 0 aromatic carbocycles. The van der Waals surface area contributed by atoms with Gasteiger partial charge in [-0.3, -0.25) is 4.79 Å². The topological polar surface area (TPSA) is 59.0 Å². The van der Waals surface area contributed by atoms with E-state index in [4.69, 9.17) is 0 Å². The normalized spacial score (nSPS) is 23.6. The molecule has 0 aliphatic heterocycles. The molecular weight excluding hydrogens is 240 g/mol. The molecule has 5 heteroatoms. The van der Waals surface area contributed by atoms with Gasteiger partial charge in [0.2, 0.25) is 0 Å². The lowest BCUT2D eigenvalue weighted by Crippen LogP contribution is -2.37. The van der Waals surface area contributed by atoms with Gasteiger partial charge in [-0.05, 0) is 46.6 Å². The van der Waals surface area contributed by atoms with Gasteiger partial charge in [-0.1, -0.05) is 0 Å². The van der Waals surface area contributed by atoms with Crippen molar-refractivity contribution in [1.29, 1.82) is 0 Å². The standard InChI is InChI=1S/C14H24N4O/c1-10(2)18-9-8-16-13(14(18)19)17-12-6-4-11(15-3)5-7-12/h8-12,15H,4-7H2,1-3H3,(H,16,17). The fraction of sp³-hybridized carbons (Fsp3) is 0.714. The molecule has 0 bridgehead atoms. The highest BCUT2D eigenvalue weighted by Crippen LogP contribution is 2.20. The van der Waals surface area contributed by atoms with Crippen LogP contribution in [-0.2, 0) is 0 Å². The van der Waals surface area contributed by atoms with Gasteiger partial charge in [0.15, 0.2) is 5.82 Å². The molecule has 1 saturated carbocycles. The number of rotatable bonds is 4. The molecule has 106 valence electrons. The minimum absolute atomic E-state index is 0.0201. The minimum Gasteiger partial charge on any atom is -0.363 e. The molecule has 1 heterocycles. The van der Waals surface area contributed by atoms with Crippen molar-refractivity contribution < 1.29 is 0 Å². The summed E-state index contributed by atoms with van der Waals surface area (Å²) < 4.78 is 1.72. The smallest absolute Gasteiger partial charge is 0.293 e. The molecule has 1 aromatic rings. The Bertz CT molecular complexity index is 461. The molecule has 1 aliphatic rings. The summed E-state index contributed by atoms with van der Waals surface area (Å²) in [4.78, 5) is 16.4. The Morgan fingerprint density at radius 3 is 2.47 bits per heavy atom. The van der Waals surface area contributed by atoms with E-state index in [0.717, 1.165) is 25.7 Å². The molecule has 5 nitrogen and oxygen atoms in total. The highest BCUT2D eigenvalue weighted by molar-refractivity contribution is 5.32. The summed E-state index contributed by atoms with van der Waals surface area (Å²) in [6.45, 7) is 4.01. The highest BCUT2D eigenvalue weighted by atomic mass is 16.1. The Labute approximate surface area is 114 Å². The van der Waals surface area contributed by atoms with E-state index in [-0.39, 0.29) is 11.6 Å². The Kier molecular flexibility index (Phi) is 4.58. The maximum absolute atomic E-state index is 12.2. The van der Waals surface area contributed by atoms with Crippen LogP contribution >= 0.6 is 0 Å². The van der Waals surface area contributed by atoms with Crippen LogP contribution < -0.4 is 16.2 Å². The number of hydrogen-bond donors (Lipinski definition) is 2. The third kappa shape index (κ3) is 3.35. The maximum atomic E-state index is 12.2. The Balaban J connectivity index is 2.04. The van der Waals surface area contributed by atoms with Gasteiger partial charge >= 0.3 is 0 Å². The van der Waals surface area contributed by atoms with Gasteiger partial charge in [-0.2, -0.15) is 0 Å². The molecule has 0 atom stereocenters. The number of hydrogen-bond acceptors (Lipinski definition) is 4. The second-order valence-electron chi connectivity index (χ2n) is 5.56. The molecule has 2 rings (SSSR count). The lowest BCUT2D eigenvalue weighted by molar-refractivity contribution is 0.370. The largest absolute Gasteiger partial charge is 0.363 e. The van der Waals surface area contributed by atoms with Crippen LogP contribution in [0.1, 0.15) is 45.6 Å². The van der Waals surface area contributed by atoms with E-state index in [1.54, 1.807) is 17.0 Å². The molecule has 0 unspecified atom stereocenters. The Hall–Kier alpha value is -1.36. The zero-order valence-corrected chi connectivity index (χ0v) is 12.0. The summed E-state index contributed by atoms with van der Waals surface area (Å²) in [6.07, 6.45) is 7.92. The van der Waals surface area contributed by atoms with Crippen molar-refractivity contribution in [2.24, 2.45) is 0 Å². The number of anilines is 1. The van der Waals surface area contributed by atoms with Crippen LogP contribution in [0.3, 0.4) is 0 Å². The first-order valence-electron chi connectivity index (χ1n) is 7.12. The van der Waals surface area contributed by atoms with E-state index >= 15 is 0 Å². The van der Waals surface area contributed by atoms with Gasteiger partial charge in [0.1, 0.15) is 0 Å². The van der Waals surface area contributed by atoms with Gasteiger partial charge < -0.3 is 15.2 Å². The quantitative estimate of drug-likeness (QED) is 0.870. The van der Waals surface area contributed by atoms with E-state index in [0.29, 0.717) is 17.9 Å². The first-order chi connectivity index (χ1) is 9.11. The number of aromatic nitrogens is 2. The van der Waals surface area contributed by atoms with Crippen molar-refractivity contribution in [2.75, 3.05) is 12.4 Å². The van der Waals surface area contributed by atoms with Crippen LogP contribution in [0.5, 0.6) is 0 Å². The van der Waals surface area contributed by atoms with E-state index < -0.39 is 0 Å². The lowest BCUT2D eigenvalue weighted by atomic mass is 9.91. The molecule has 19 heavy (non-hydrogen) atoms. The predicted molar refractivity (Wildman–Crippen MR) is 77.6 cm³/mol. The average Bonchev–Trinajstić information content (AvgIpc) is 2.41. The molecule has 0 amide bonds. The van der Waals surface area contributed by atoms with E-state index in [1.807, 2.05) is 20.9 Å². The molecule has 0 radical (unpaired) electrons. The fourth-order valence-electron chi connectivity index (χ4n) is 2.65. The van der Waals surface area contributed by atoms with Crippen molar-refractivity contribution in [3.8, 4) is 0 Å². The Morgan fingerprint density at radius 2 is 1.89 bits per heavy atom. The van der Waals surface area contributed by atoms with Crippen LogP contribution in [0.25, 0.3) is 0 Å². The zero-order chi connectivity index (χ0) is 13.8. The number of nitrogens with one attached hydrogen (secondary N) is 2. The van der Waals surface area contributed by atoms with Crippen LogP contribution in [0.4, 0.5) is 5.82 Å². The lowest BCUT2D eigenvalue weighted by Gasteiger charge is -2.29. The van der Waals surface area contributed by atoms with Gasteiger partial charge in [-0.25, -0.2) is 4.98 Å². The maximum Gasteiger partial charge on any atom is 0.293 e. The third-order valence-electron chi connectivity index (χ3n) is 3.90. The van der Waals surface area contributed by atoms with Crippen molar-refractivity contribution in [2.45, 2.75) is 57.7 Å². The molecule has 1 fully saturated rings. The molecule has 0 saturated heterocycles. The highest BCUT2D eigenvalue weighted by Gasteiger charge is 2.21. The zero-order valence-electron chi connectivity index (χ0n) is 12.0. The van der Waals surface area contributed by atoms with Gasteiger partial charge in [-0.15, -0.1) is 0 Å². The van der Waals surface area contributed by atoms with Gasteiger partial charge in [0.05, 0.1) is 0 Å². The second kappa shape index (κ2) is 6.19. The fourth-order valence-corrected chi connectivity index (χ4v) is 2.65. The van der Waals surface area contributed by atoms with Gasteiger partial charge in [0, 0.05) is 30.5 Å². The molecule has 2 N–H and O–H groups in total. The minimum atomic E-state index is -0.0201. The van der Waals surface area contributed by atoms with Crippen molar-refractivity contribution in [3.05, 3.63) is 22.7 Å². The van der Waals surface area contributed by atoms with Crippen molar-refractivity contribution >= 4 is 5.82 Å². The summed E-state index contributed by atoms with van der Waals surface area (Å²) in [6, 6.07) is 1.15. The Morgan fingerprint density at radius 1 is 1.26 bits per heavy atom. The van der Waals surface area contributed by atoms with Crippen LogP contribution in [-0.4, -0.2) is 28.7 Å². The van der Waals surface area contributed by atoms with E-state index in [9.17, 15) is 4.79 Å². The summed E-state index contributed by atoms with van der Waals surface area (Å²) >= 11 is 0. The van der Waals surface area contributed by atoms with Crippen LogP contribution in [0.15, 0.2) is 17.2 Å². The molecule has 1 aliphatic carbocycles.